The van der Waals surface area contributed by atoms with E-state index in [1.165, 1.54) is 0 Å². The standard InChI is InChI=1S/C13H14F5NO/c14-8-9(15)11(17)13(12(18)10(8)16)20-7-5-3-1-2-4-6(7)19/h6-7H,1-5,19H2. The van der Waals surface area contributed by atoms with Crippen LogP contribution in [-0.2, 0) is 0 Å². The molecule has 0 aromatic heterocycles. The van der Waals surface area contributed by atoms with E-state index in [0.717, 1.165) is 19.3 Å². The van der Waals surface area contributed by atoms with E-state index in [4.69, 9.17) is 10.5 Å². The van der Waals surface area contributed by atoms with Gasteiger partial charge in [-0.2, -0.15) is 8.78 Å². The van der Waals surface area contributed by atoms with Gasteiger partial charge in [0.2, 0.25) is 29.1 Å². The molecule has 0 spiro atoms. The van der Waals surface area contributed by atoms with Gasteiger partial charge in [-0.25, -0.2) is 13.2 Å². The van der Waals surface area contributed by atoms with E-state index >= 15 is 0 Å². The minimum atomic E-state index is -2.20. The molecule has 1 aromatic carbocycles. The third kappa shape index (κ3) is 2.72. The highest BCUT2D eigenvalue weighted by atomic mass is 19.2. The van der Waals surface area contributed by atoms with Gasteiger partial charge in [0.25, 0.3) is 0 Å². The van der Waals surface area contributed by atoms with Crippen LogP contribution in [0.25, 0.3) is 0 Å². The molecule has 2 N–H and O–H groups in total. The van der Waals surface area contributed by atoms with Gasteiger partial charge in [0.05, 0.1) is 0 Å². The first-order chi connectivity index (χ1) is 9.43. The van der Waals surface area contributed by atoms with Crippen molar-refractivity contribution in [3.63, 3.8) is 0 Å². The highest BCUT2D eigenvalue weighted by Crippen LogP contribution is 2.31. The zero-order chi connectivity index (χ0) is 14.9. The Morgan fingerprint density at radius 3 is 1.85 bits per heavy atom. The quantitative estimate of drug-likeness (QED) is 0.393. The molecule has 2 rings (SSSR count). The van der Waals surface area contributed by atoms with Gasteiger partial charge < -0.3 is 10.5 Å². The zero-order valence-corrected chi connectivity index (χ0v) is 10.6. The number of rotatable bonds is 2. The van der Waals surface area contributed by atoms with Gasteiger partial charge in [0, 0.05) is 6.04 Å². The second-order valence-corrected chi connectivity index (χ2v) is 4.86. The van der Waals surface area contributed by atoms with Gasteiger partial charge in [0.1, 0.15) is 6.10 Å². The highest BCUT2D eigenvalue weighted by molar-refractivity contribution is 5.30. The normalized spacial score (nSPS) is 23.5. The van der Waals surface area contributed by atoms with E-state index in [1.54, 1.807) is 0 Å². The fourth-order valence-corrected chi connectivity index (χ4v) is 2.29. The number of hydrogen-bond acceptors (Lipinski definition) is 2. The molecule has 7 heteroatoms. The van der Waals surface area contributed by atoms with E-state index in [1.807, 2.05) is 0 Å². The number of ether oxygens (including phenoxy) is 1. The summed E-state index contributed by atoms with van der Waals surface area (Å²) in [6, 6.07) is -0.493. The average Bonchev–Trinajstić information content (AvgIpc) is 2.64. The molecule has 1 aromatic rings. The van der Waals surface area contributed by atoms with Crippen molar-refractivity contribution in [2.75, 3.05) is 0 Å². The highest BCUT2D eigenvalue weighted by Gasteiger charge is 2.30. The molecular formula is C13H14F5NO. The van der Waals surface area contributed by atoms with Crippen molar-refractivity contribution in [1.29, 1.82) is 0 Å². The van der Waals surface area contributed by atoms with Crippen LogP contribution in [0.1, 0.15) is 32.1 Å². The third-order valence-electron chi connectivity index (χ3n) is 3.44. The van der Waals surface area contributed by atoms with Crippen LogP contribution in [0.2, 0.25) is 0 Å². The van der Waals surface area contributed by atoms with Crippen LogP contribution < -0.4 is 10.5 Å². The summed E-state index contributed by atoms with van der Waals surface area (Å²) in [5.41, 5.74) is 5.80. The van der Waals surface area contributed by atoms with Crippen molar-refractivity contribution >= 4 is 0 Å². The van der Waals surface area contributed by atoms with Crippen LogP contribution in [0.3, 0.4) is 0 Å². The van der Waals surface area contributed by atoms with Gasteiger partial charge in [-0.15, -0.1) is 0 Å². The van der Waals surface area contributed by atoms with Gasteiger partial charge in [0.15, 0.2) is 5.75 Å². The van der Waals surface area contributed by atoms with Crippen molar-refractivity contribution in [2.24, 2.45) is 5.73 Å². The summed E-state index contributed by atoms with van der Waals surface area (Å²) in [6.07, 6.45) is 2.71. The van der Waals surface area contributed by atoms with Gasteiger partial charge in [-0.3, -0.25) is 0 Å². The topological polar surface area (TPSA) is 35.2 Å². The summed E-state index contributed by atoms with van der Waals surface area (Å²) in [4.78, 5) is 0. The van der Waals surface area contributed by atoms with Crippen molar-refractivity contribution in [3.8, 4) is 5.75 Å². The fraction of sp³-hybridized carbons (Fsp3) is 0.538. The Morgan fingerprint density at radius 1 is 0.750 bits per heavy atom. The zero-order valence-electron chi connectivity index (χ0n) is 10.6. The molecule has 0 radical (unpaired) electrons. The molecule has 0 saturated heterocycles. The molecule has 1 aliphatic carbocycles. The number of benzene rings is 1. The largest absolute Gasteiger partial charge is 0.483 e. The summed E-state index contributed by atoms with van der Waals surface area (Å²) >= 11 is 0. The summed E-state index contributed by atoms with van der Waals surface area (Å²) < 4.78 is 71.0. The first-order valence-electron chi connectivity index (χ1n) is 6.37. The Labute approximate surface area is 112 Å². The first kappa shape index (κ1) is 15.0. The summed E-state index contributed by atoms with van der Waals surface area (Å²) in [6.45, 7) is 0. The van der Waals surface area contributed by atoms with Crippen molar-refractivity contribution < 1.29 is 26.7 Å². The van der Waals surface area contributed by atoms with Gasteiger partial charge >= 0.3 is 0 Å². The summed E-state index contributed by atoms with van der Waals surface area (Å²) in [7, 11) is 0. The van der Waals surface area contributed by atoms with Gasteiger partial charge in [-0.1, -0.05) is 12.8 Å². The van der Waals surface area contributed by atoms with E-state index in [-0.39, 0.29) is 0 Å². The number of hydrogen-bond donors (Lipinski definition) is 1. The average molecular weight is 295 g/mol. The second-order valence-electron chi connectivity index (χ2n) is 4.86. The molecule has 2 nitrogen and oxygen atoms in total. The number of halogens is 5. The molecule has 2 atom stereocenters. The molecule has 1 saturated carbocycles. The van der Waals surface area contributed by atoms with Crippen LogP contribution in [0.5, 0.6) is 5.75 Å². The molecular weight excluding hydrogens is 281 g/mol. The molecule has 0 aliphatic heterocycles. The van der Waals surface area contributed by atoms with E-state index in [2.05, 4.69) is 0 Å². The van der Waals surface area contributed by atoms with Crippen molar-refractivity contribution in [3.05, 3.63) is 29.1 Å². The third-order valence-corrected chi connectivity index (χ3v) is 3.44. The Balaban J connectivity index is 2.33. The Kier molecular flexibility index (Phi) is 4.47. The minimum absolute atomic E-state index is 0.417. The molecule has 0 amide bonds. The maximum absolute atomic E-state index is 13.5. The predicted octanol–water partition coefficient (Wildman–Crippen LogP) is 3.42. The molecule has 2 unspecified atom stereocenters. The SMILES string of the molecule is NC1CCCCCC1Oc1c(F)c(F)c(F)c(F)c1F. The maximum atomic E-state index is 13.5. The lowest BCUT2D eigenvalue weighted by molar-refractivity contribution is 0.143. The first-order valence-corrected chi connectivity index (χ1v) is 6.37. The smallest absolute Gasteiger partial charge is 0.207 e. The summed E-state index contributed by atoms with van der Waals surface area (Å²) in [5, 5.41) is 0. The summed E-state index contributed by atoms with van der Waals surface area (Å²) in [5.74, 6) is -11.4. The fourth-order valence-electron chi connectivity index (χ4n) is 2.29. The lowest BCUT2D eigenvalue weighted by atomic mass is 10.1. The minimum Gasteiger partial charge on any atom is -0.483 e. The molecule has 1 fully saturated rings. The van der Waals surface area contributed by atoms with E-state index in [0.29, 0.717) is 12.8 Å². The van der Waals surface area contributed by atoms with Gasteiger partial charge in [-0.05, 0) is 19.3 Å². The maximum Gasteiger partial charge on any atom is 0.207 e. The van der Waals surface area contributed by atoms with E-state index in [9.17, 15) is 22.0 Å². The van der Waals surface area contributed by atoms with Crippen LogP contribution in [0, 0.1) is 29.1 Å². The molecule has 0 bridgehead atoms. The molecule has 20 heavy (non-hydrogen) atoms. The number of nitrogens with two attached hydrogens (primary N) is 1. The molecule has 0 heterocycles. The van der Waals surface area contributed by atoms with E-state index < -0.39 is 47.0 Å². The van der Waals surface area contributed by atoms with Crippen molar-refractivity contribution in [1.82, 2.24) is 0 Å². The van der Waals surface area contributed by atoms with Crippen LogP contribution >= 0.6 is 0 Å². The second kappa shape index (κ2) is 5.95. The lowest BCUT2D eigenvalue weighted by Gasteiger charge is -2.23. The Hall–Kier alpha value is -1.37. The Morgan fingerprint density at radius 2 is 1.25 bits per heavy atom. The van der Waals surface area contributed by atoms with Crippen LogP contribution in [0.15, 0.2) is 0 Å². The molecule has 112 valence electrons. The van der Waals surface area contributed by atoms with Crippen molar-refractivity contribution in [2.45, 2.75) is 44.2 Å². The molecule has 1 aliphatic rings. The monoisotopic (exact) mass is 295 g/mol. The van der Waals surface area contributed by atoms with Crippen LogP contribution in [0.4, 0.5) is 22.0 Å². The van der Waals surface area contributed by atoms with Crippen LogP contribution in [-0.4, -0.2) is 12.1 Å². The predicted molar refractivity (Wildman–Crippen MR) is 61.7 cm³/mol. The lowest BCUT2D eigenvalue weighted by Crippen LogP contribution is -2.38. The Bertz CT molecular complexity index is 479.